The minimum Gasteiger partial charge on any atom is -0.381 e. The molecule has 0 radical (unpaired) electrons. The minimum absolute atomic E-state index is 0.00113. The molecule has 6 nitrogen and oxygen atoms in total. The van der Waals surface area contributed by atoms with Crippen molar-refractivity contribution < 1.29 is 17.9 Å². The second kappa shape index (κ2) is 7.63. The summed E-state index contributed by atoms with van der Waals surface area (Å²) in [5.41, 5.74) is 5.74. The Kier molecular flexibility index (Phi) is 6.01. The molecule has 1 saturated heterocycles. The molecule has 0 saturated carbocycles. The third kappa shape index (κ3) is 4.15. The molecule has 134 valence electrons. The minimum atomic E-state index is -3.68. The molecule has 2 rings (SSSR count). The first kappa shape index (κ1) is 18.9. The lowest BCUT2D eigenvalue weighted by Gasteiger charge is -2.34. The van der Waals surface area contributed by atoms with Crippen molar-refractivity contribution in [1.82, 2.24) is 4.72 Å². The molecule has 1 aromatic rings. The van der Waals surface area contributed by atoms with Crippen molar-refractivity contribution >= 4 is 15.9 Å². The number of hydrogen-bond donors (Lipinski definition) is 2. The standard InChI is InChI=1S/C17H26N2O4S/c1-3-13(2)14-4-6-15(7-5-14)24(21,22)19-12-17(16(18)20)8-10-23-11-9-17/h4-7,13,19H,3,8-12H2,1-2H3,(H2,18,20). The van der Waals surface area contributed by atoms with Gasteiger partial charge in [0.1, 0.15) is 0 Å². The van der Waals surface area contributed by atoms with E-state index in [2.05, 4.69) is 18.6 Å². The molecular weight excluding hydrogens is 328 g/mol. The maximum atomic E-state index is 12.5. The maximum absolute atomic E-state index is 12.5. The second-order valence-electron chi connectivity index (χ2n) is 6.46. The van der Waals surface area contributed by atoms with Gasteiger partial charge in [0.05, 0.1) is 10.3 Å². The fourth-order valence-corrected chi connectivity index (χ4v) is 3.93. The first-order valence-corrected chi connectivity index (χ1v) is 9.76. The molecule has 3 N–H and O–H groups in total. The Morgan fingerprint density at radius 2 is 1.88 bits per heavy atom. The molecule has 0 aliphatic carbocycles. The fourth-order valence-electron chi connectivity index (χ4n) is 2.80. The van der Waals surface area contributed by atoms with Crippen LogP contribution in [0.1, 0.15) is 44.6 Å². The highest BCUT2D eigenvalue weighted by Crippen LogP contribution is 2.30. The van der Waals surface area contributed by atoms with Gasteiger partial charge in [-0.3, -0.25) is 4.79 Å². The number of amides is 1. The SMILES string of the molecule is CCC(C)c1ccc(S(=O)(=O)NCC2(C(N)=O)CCOCC2)cc1. The number of carbonyl (C=O) groups excluding carboxylic acids is 1. The quantitative estimate of drug-likeness (QED) is 0.779. The van der Waals surface area contributed by atoms with Crippen LogP contribution in [-0.4, -0.2) is 34.1 Å². The van der Waals surface area contributed by atoms with Crippen LogP contribution in [0, 0.1) is 5.41 Å². The highest BCUT2D eigenvalue weighted by Gasteiger charge is 2.39. The van der Waals surface area contributed by atoms with Gasteiger partial charge in [0.15, 0.2) is 0 Å². The van der Waals surface area contributed by atoms with Crippen LogP contribution >= 0.6 is 0 Å². The van der Waals surface area contributed by atoms with Gasteiger partial charge < -0.3 is 10.5 Å². The molecule has 24 heavy (non-hydrogen) atoms. The zero-order valence-electron chi connectivity index (χ0n) is 14.2. The smallest absolute Gasteiger partial charge is 0.240 e. The zero-order chi connectivity index (χ0) is 17.8. The Bertz CT molecular complexity index is 664. The highest BCUT2D eigenvalue weighted by molar-refractivity contribution is 7.89. The van der Waals surface area contributed by atoms with E-state index in [4.69, 9.17) is 10.5 Å². The van der Waals surface area contributed by atoms with E-state index in [9.17, 15) is 13.2 Å². The van der Waals surface area contributed by atoms with Crippen molar-refractivity contribution in [2.24, 2.45) is 11.1 Å². The third-order valence-corrected chi connectivity index (χ3v) is 6.36. The van der Waals surface area contributed by atoms with Crippen molar-refractivity contribution in [3.8, 4) is 0 Å². The maximum Gasteiger partial charge on any atom is 0.240 e. The number of nitrogens with one attached hydrogen (secondary N) is 1. The van der Waals surface area contributed by atoms with E-state index in [0.29, 0.717) is 32.0 Å². The lowest BCUT2D eigenvalue weighted by atomic mass is 9.80. The molecule has 1 amide bonds. The largest absolute Gasteiger partial charge is 0.381 e. The Morgan fingerprint density at radius 3 is 2.38 bits per heavy atom. The van der Waals surface area contributed by atoms with Gasteiger partial charge in [0.2, 0.25) is 15.9 Å². The Balaban J connectivity index is 2.11. The summed E-state index contributed by atoms with van der Waals surface area (Å²) in [7, 11) is -3.68. The van der Waals surface area contributed by atoms with Crippen LogP contribution in [-0.2, 0) is 19.6 Å². The van der Waals surface area contributed by atoms with E-state index in [1.807, 2.05) is 12.1 Å². The topological polar surface area (TPSA) is 98.5 Å². The lowest BCUT2D eigenvalue weighted by molar-refractivity contribution is -0.132. The number of hydrogen-bond acceptors (Lipinski definition) is 4. The lowest BCUT2D eigenvalue weighted by Crippen LogP contribution is -2.49. The molecule has 7 heteroatoms. The monoisotopic (exact) mass is 354 g/mol. The average molecular weight is 354 g/mol. The Morgan fingerprint density at radius 1 is 1.29 bits per heavy atom. The first-order chi connectivity index (χ1) is 11.3. The predicted octanol–water partition coefficient (Wildman–Crippen LogP) is 1.76. The van der Waals surface area contributed by atoms with Crippen molar-refractivity contribution in [2.45, 2.75) is 43.9 Å². The van der Waals surface area contributed by atoms with E-state index in [0.717, 1.165) is 12.0 Å². The summed E-state index contributed by atoms with van der Waals surface area (Å²) >= 11 is 0. The summed E-state index contributed by atoms with van der Waals surface area (Å²) in [4.78, 5) is 12.0. The summed E-state index contributed by atoms with van der Waals surface area (Å²) in [5, 5.41) is 0. The summed E-state index contributed by atoms with van der Waals surface area (Å²) < 4.78 is 32.8. The fraction of sp³-hybridized carbons (Fsp3) is 0.588. The van der Waals surface area contributed by atoms with Gasteiger partial charge in [0.25, 0.3) is 0 Å². The van der Waals surface area contributed by atoms with E-state index in [-0.39, 0.29) is 11.4 Å². The van der Waals surface area contributed by atoms with Crippen LogP contribution in [0.3, 0.4) is 0 Å². The molecule has 1 heterocycles. The van der Waals surface area contributed by atoms with Gasteiger partial charge in [-0.2, -0.15) is 0 Å². The van der Waals surface area contributed by atoms with Crippen molar-refractivity contribution in [3.05, 3.63) is 29.8 Å². The normalized spacial score (nSPS) is 18.9. The number of benzene rings is 1. The van der Waals surface area contributed by atoms with Crippen LogP contribution in [0.5, 0.6) is 0 Å². The molecule has 1 atom stereocenters. The van der Waals surface area contributed by atoms with Crippen LogP contribution in [0.15, 0.2) is 29.2 Å². The summed E-state index contributed by atoms with van der Waals surface area (Å²) in [6.07, 6.45) is 1.85. The van der Waals surface area contributed by atoms with E-state index in [1.54, 1.807) is 12.1 Å². The number of primary amides is 1. The number of carbonyl (C=O) groups is 1. The van der Waals surface area contributed by atoms with E-state index >= 15 is 0 Å². The molecule has 1 unspecified atom stereocenters. The van der Waals surface area contributed by atoms with Crippen molar-refractivity contribution in [3.63, 3.8) is 0 Å². The first-order valence-electron chi connectivity index (χ1n) is 8.28. The molecule has 1 aliphatic rings. The van der Waals surface area contributed by atoms with Gasteiger partial charge in [-0.05, 0) is 42.9 Å². The van der Waals surface area contributed by atoms with Gasteiger partial charge in [-0.1, -0.05) is 26.0 Å². The molecule has 1 aliphatic heterocycles. The van der Waals surface area contributed by atoms with Crippen LogP contribution < -0.4 is 10.5 Å². The molecular formula is C17H26N2O4S. The van der Waals surface area contributed by atoms with Gasteiger partial charge in [-0.15, -0.1) is 0 Å². The average Bonchev–Trinajstić information content (AvgIpc) is 2.60. The van der Waals surface area contributed by atoms with Crippen molar-refractivity contribution in [2.75, 3.05) is 19.8 Å². The van der Waals surface area contributed by atoms with Gasteiger partial charge >= 0.3 is 0 Å². The number of nitrogens with two attached hydrogens (primary N) is 1. The summed E-state index contributed by atoms with van der Waals surface area (Å²) in [6.45, 7) is 5.02. The molecule has 0 bridgehead atoms. The van der Waals surface area contributed by atoms with E-state index < -0.39 is 21.3 Å². The molecule has 1 aromatic carbocycles. The zero-order valence-corrected chi connectivity index (χ0v) is 15.1. The number of ether oxygens (including phenoxy) is 1. The second-order valence-corrected chi connectivity index (χ2v) is 8.23. The van der Waals surface area contributed by atoms with Gasteiger partial charge in [-0.25, -0.2) is 13.1 Å². The van der Waals surface area contributed by atoms with Crippen LogP contribution in [0.2, 0.25) is 0 Å². The summed E-state index contributed by atoms with van der Waals surface area (Å²) in [5.74, 6) is -0.101. The Labute approximate surface area is 143 Å². The highest BCUT2D eigenvalue weighted by atomic mass is 32.2. The number of rotatable bonds is 7. The van der Waals surface area contributed by atoms with Crippen LogP contribution in [0.4, 0.5) is 0 Å². The molecule has 0 spiro atoms. The van der Waals surface area contributed by atoms with Crippen molar-refractivity contribution in [1.29, 1.82) is 0 Å². The van der Waals surface area contributed by atoms with Gasteiger partial charge in [0, 0.05) is 19.8 Å². The third-order valence-electron chi connectivity index (χ3n) is 4.94. The van der Waals surface area contributed by atoms with Crippen LogP contribution in [0.25, 0.3) is 0 Å². The number of sulfonamides is 1. The molecule has 1 fully saturated rings. The van der Waals surface area contributed by atoms with E-state index in [1.165, 1.54) is 0 Å². The molecule has 0 aromatic heterocycles. The predicted molar refractivity (Wildman–Crippen MR) is 92.0 cm³/mol. The summed E-state index contributed by atoms with van der Waals surface area (Å²) in [6, 6.07) is 6.87. The Hall–Kier alpha value is -1.44.